The number of carbonyl (C=O) groups excluding carboxylic acids is 9. The van der Waals surface area contributed by atoms with E-state index in [9.17, 15) is 58.5 Å². The zero-order valence-electron chi connectivity index (χ0n) is 42.6. The van der Waals surface area contributed by atoms with Crippen LogP contribution in [0.25, 0.3) is 0 Å². The average molecular weight is 1130 g/mol. The Labute approximate surface area is 458 Å². The quantitative estimate of drug-likeness (QED) is 0.0431. The number of primary amides is 2. The fourth-order valence-electron chi connectivity index (χ4n) is 7.73. The van der Waals surface area contributed by atoms with Crippen LogP contribution in [0.5, 0.6) is 11.5 Å². The SMILES string of the molecule is CNCCCC[C@@H]1NC(=O)[C@@H](CCCNC(N)=O)NC(=O)[C@H](Cc2ccc(O)cc2)NC(=O)[C@H](NC(=O)[C@@H](N)Cc2ccc(Cl)cc2)CSSC[C@@H](C(=O)N[C@H](Cc2ccc(O)cc2)C(N)=O)NC(=O)C(C(C)O)NC1=O. The number of aromatic hydroxyl groups is 2. The van der Waals surface area contributed by atoms with Crippen molar-refractivity contribution in [2.75, 3.05) is 31.6 Å². The second-order valence-corrected chi connectivity index (χ2v) is 21.3. The largest absolute Gasteiger partial charge is 0.508 e. The molecule has 0 saturated carbocycles. The van der Waals surface area contributed by atoms with Crippen molar-refractivity contribution in [1.29, 1.82) is 0 Å². The molecule has 0 aliphatic carbocycles. The highest BCUT2D eigenvalue weighted by molar-refractivity contribution is 8.76. The zero-order chi connectivity index (χ0) is 56.6. The molecule has 4 rings (SSSR count). The van der Waals surface area contributed by atoms with Crippen LogP contribution in [-0.2, 0) is 57.6 Å². The first-order valence-electron chi connectivity index (χ1n) is 24.7. The molecule has 1 heterocycles. The number of urea groups is 1. The van der Waals surface area contributed by atoms with Gasteiger partial charge in [-0.15, -0.1) is 0 Å². The van der Waals surface area contributed by atoms with Gasteiger partial charge in [-0.2, -0.15) is 0 Å². The summed E-state index contributed by atoms with van der Waals surface area (Å²) in [5, 5.41) is 55.0. The lowest BCUT2D eigenvalue weighted by Crippen LogP contribution is -2.62. The van der Waals surface area contributed by atoms with Crippen molar-refractivity contribution < 1.29 is 58.5 Å². The van der Waals surface area contributed by atoms with E-state index in [0.717, 1.165) is 21.6 Å². The summed E-state index contributed by atoms with van der Waals surface area (Å²) in [4.78, 5) is 124. The number of amides is 10. The maximum absolute atomic E-state index is 14.6. The molecule has 1 aliphatic heterocycles. The fraction of sp³-hybridized carbons (Fsp3) is 0.460. The van der Waals surface area contributed by atoms with Crippen molar-refractivity contribution in [3.05, 3.63) is 94.5 Å². The summed E-state index contributed by atoms with van der Waals surface area (Å²) in [6.07, 6.45) is -1.06. The number of unbranched alkanes of at least 4 members (excludes halogenated alkanes) is 1. The molecule has 1 saturated heterocycles. The highest BCUT2D eigenvalue weighted by Crippen LogP contribution is 2.24. The second-order valence-electron chi connectivity index (χ2n) is 18.3. The standard InChI is InChI=1S/C50H69ClN12O12S2/c1-27(64)41-49(74)62-40(47(72)59-37(42(53)67)23-29-10-16-32(65)17-11-29)26-77-76-25-39(61-43(68)34(52)22-28-8-14-31(51)15-9-28)48(73)60-38(24-30-12-18-33(66)19-13-30)46(71)58-36(7-5-21-56-50(54)75)44(69)57-35(45(70)63-41)6-3-4-20-55-2/h8-19,27,34-41,55,64-66H,3-7,20-26,52H2,1-2H3,(H2,53,67)(H,57,69)(H,58,71)(H,59,72)(H,60,73)(H,61,68)(H,62,74)(H,63,70)(H3,54,56,75)/t27?,34-,35-,36+,37+,38-,39+,40-,41?/m0/s1. The molecule has 2 unspecified atom stereocenters. The van der Waals surface area contributed by atoms with E-state index >= 15 is 0 Å². The minimum absolute atomic E-state index is 0.00172. The lowest BCUT2D eigenvalue weighted by atomic mass is 10.0. The summed E-state index contributed by atoms with van der Waals surface area (Å²) in [5.74, 6) is -7.91. The van der Waals surface area contributed by atoms with Gasteiger partial charge >= 0.3 is 6.03 Å². The van der Waals surface area contributed by atoms with Gasteiger partial charge in [-0.1, -0.05) is 69.6 Å². The minimum atomic E-state index is -1.74. The predicted octanol–water partition coefficient (Wildman–Crippen LogP) is -1.40. The van der Waals surface area contributed by atoms with Crippen LogP contribution in [0.4, 0.5) is 4.79 Å². The van der Waals surface area contributed by atoms with E-state index in [1.54, 1.807) is 31.3 Å². The molecular formula is C50H69ClN12O12S2. The summed E-state index contributed by atoms with van der Waals surface area (Å²) < 4.78 is 0. The Balaban J connectivity index is 1.80. The average Bonchev–Trinajstić information content (AvgIpc) is 3.38. The first-order chi connectivity index (χ1) is 36.6. The summed E-state index contributed by atoms with van der Waals surface area (Å²) in [6, 6.07) is 5.75. The smallest absolute Gasteiger partial charge is 0.312 e. The molecule has 9 atom stereocenters. The fourth-order valence-corrected chi connectivity index (χ4v) is 10.2. The van der Waals surface area contributed by atoms with Gasteiger partial charge in [0.2, 0.25) is 47.3 Å². The molecule has 0 bridgehead atoms. The number of halogens is 1. The van der Waals surface area contributed by atoms with Crippen LogP contribution in [0.15, 0.2) is 72.8 Å². The molecule has 420 valence electrons. The van der Waals surface area contributed by atoms with Crippen molar-refractivity contribution in [3.8, 4) is 11.5 Å². The predicted molar refractivity (Wildman–Crippen MR) is 291 cm³/mol. The first-order valence-corrected chi connectivity index (χ1v) is 27.6. The number of nitrogens with one attached hydrogen (secondary N) is 9. The molecule has 1 aliphatic rings. The van der Waals surface area contributed by atoms with Crippen LogP contribution in [0.2, 0.25) is 5.02 Å². The Morgan fingerprint density at radius 2 is 1.21 bits per heavy atom. The Morgan fingerprint density at radius 1 is 0.675 bits per heavy atom. The summed E-state index contributed by atoms with van der Waals surface area (Å²) >= 11 is 6.06. The van der Waals surface area contributed by atoms with Gasteiger partial charge < -0.3 is 80.4 Å². The number of phenolic OH excluding ortho intramolecular Hbond substituents is 2. The van der Waals surface area contributed by atoms with E-state index in [0.29, 0.717) is 41.1 Å². The third kappa shape index (κ3) is 22.0. The molecule has 0 aromatic heterocycles. The monoisotopic (exact) mass is 1130 g/mol. The summed E-state index contributed by atoms with van der Waals surface area (Å²) in [5.41, 5.74) is 19.0. The molecule has 0 spiro atoms. The van der Waals surface area contributed by atoms with E-state index in [1.165, 1.54) is 55.5 Å². The minimum Gasteiger partial charge on any atom is -0.508 e. The van der Waals surface area contributed by atoms with Crippen molar-refractivity contribution in [2.24, 2.45) is 17.2 Å². The number of phenols is 2. The molecule has 1 fully saturated rings. The number of benzene rings is 3. The molecule has 18 N–H and O–H groups in total. The Bertz CT molecular complexity index is 2480. The number of aliphatic hydroxyl groups excluding tert-OH is 1. The molecule has 10 amide bonds. The Hall–Kier alpha value is -6.84. The maximum Gasteiger partial charge on any atom is 0.312 e. The first kappa shape index (κ1) is 62.7. The van der Waals surface area contributed by atoms with Crippen LogP contribution in [0.1, 0.15) is 55.7 Å². The molecule has 24 nitrogen and oxygen atoms in total. The van der Waals surface area contributed by atoms with Crippen molar-refractivity contribution >= 4 is 86.5 Å². The molecule has 77 heavy (non-hydrogen) atoms. The highest BCUT2D eigenvalue weighted by Gasteiger charge is 2.36. The van der Waals surface area contributed by atoms with Gasteiger partial charge in [0, 0.05) is 35.9 Å². The van der Waals surface area contributed by atoms with Gasteiger partial charge in [0.15, 0.2) is 0 Å². The Morgan fingerprint density at radius 3 is 1.79 bits per heavy atom. The number of hydrogen-bond donors (Lipinski definition) is 15. The summed E-state index contributed by atoms with van der Waals surface area (Å²) in [7, 11) is 3.64. The topological polar surface area (TPSA) is 401 Å². The van der Waals surface area contributed by atoms with Gasteiger partial charge in [-0.25, -0.2) is 4.79 Å². The van der Waals surface area contributed by atoms with Gasteiger partial charge in [0.1, 0.15) is 53.8 Å². The lowest BCUT2D eigenvalue weighted by molar-refractivity contribution is -0.136. The van der Waals surface area contributed by atoms with Gasteiger partial charge in [-0.05, 0) is 112 Å². The van der Waals surface area contributed by atoms with E-state index in [2.05, 4.69) is 47.9 Å². The Kier molecular flexibility index (Phi) is 26.1. The lowest BCUT2D eigenvalue weighted by Gasteiger charge is -2.29. The van der Waals surface area contributed by atoms with Gasteiger partial charge in [0.25, 0.3) is 0 Å². The molecular weight excluding hydrogens is 1060 g/mol. The normalized spacial score (nSPS) is 21.3. The van der Waals surface area contributed by atoms with E-state index in [4.69, 9.17) is 28.8 Å². The molecule has 0 radical (unpaired) electrons. The van der Waals surface area contributed by atoms with Crippen LogP contribution >= 0.6 is 33.2 Å². The molecule has 3 aromatic carbocycles. The van der Waals surface area contributed by atoms with Crippen LogP contribution in [0, 0.1) is 0 Å². The molecule has 27 heteroatoms. The third-order valence-corrected chi connectivity index (χ3v) is 14.7. The van der Waals surface area contributed by atoms with E-state index < -0.39 is 108 Å². The van der Waals surface area contributed by atoms with E-state index in [1.807, 2.05) is 0 Å². The number of carbonyl (C=O) groups is 9. The maximum atomic E-state index is 14.6. The summed E-state index contributed by atoms with van der Waals surface area (Å²) in [6.45, 7) is 1.72. The van der Waals surface area contributed by atoms with Crippen molar-refractivity contribution in [1.82, 2.24) is 47.9 Å². The number of rotatable bonds is 21. The van der Waals surface area contributed by atoms with Crippen LogP contribution < -0.4 is 65.1 Å². The molecule has 3 aromatic rings. The van der Waals surface area contributed by atoms with Crippen LogP contribution in [-0.4, -0.2) is 155 Å². The number of hydrogen-bond acceptors (Lipinski definition) is 16. The zero-order valence-corrected chi connectivity index (χ0v) is 44.9. The second kappa shape index (κ2) is 32.0. The van der Waals surface area contributed by atoms with Gasteiger partial charge in [0.05, 0.1) is 12.1 Å². The van der Waals surface area contributed by atoms with E-state index in [-0.39, 0.29) is 68.1 Å². The van der Waals surface area contributed by atoms with Crippen LogP contribution in [0.3, 0.4) is 0 Å². The van der Waals surface area contributed by atoms with Crippen molar-refractivity contribution in [3.63, 3.8) is 0 Å². The number of nitrogens with two attached hydrogens (primary N) is 3. The third-order valence-electron chi connectivity index (χ3n) is 12.0. The van der Waals surface area contributed by atoms with Crippen molar-refractivity contribution in [2.45, 2.75) is 113 Å². The highest BCUT2D eigenvalue weighted by atomic mass is 35.5. The number of aliphatic hydroxyl groups is 1. The van der Waals surface area contributed by atoms with Gasteiger partial charge in [-0.3, -0.25) is 38.4 Å².